The van der Waals surface area contributed by atoms with Gasteiger partial charge in [-0.25, -0.2) is 0 Å². The average molecular weight is 269 g/mol. The highest BCUT2D eigenvalue weighted by Crippen LogP contribution is 2.17. The van der Waals surface area contributed by atoms with Crippen LogP contribution in [0.25, 0.3) is 0 Å². The van der Waals surface area contributed by atoms with Gasteiger partial charge in [-0.05, 0) is 51.6 Å². The van der Waals surface area contributed by atoms with Gasteiger partial charge in [-0.3, -0.25) is 4.79 Å². The Balaban J connectivity index is 1.54. The molecule has 5 heteroatoms. The fourth-order valence-corrected chi connectivity index (χ4v) is 2.84. The second kappa shape index (κ2) is 7.82. The predicted molar refractivity (Wildman–Crippen MR) is 74.8 cm³/mol. The maximum absolute atomic E-state index is 11.8. The van der Waals surface area contributed by atoms with Crippen molar-refractivity contribution < 1.29 is 9.53 Å². The van der Waals surface area contributed by atoms with Gasteiger partial charge in [0.05, 0.1) is 12.7 Å². The molecular weight excluding hydrogens is 242 g/mol. The monoisotopic (exact) mass is 269 g/mol. The Morgan fingerprint density at radius 2 is 1.84 bits per heavy atom. The summed E-state index contributed by atoms with van der Waals surface area (Å²) in [5.41, 5.74) is 5.85. The van der Waals surface area contributed by atoms with Gasteiger partial charge in [-0.1, -0.05) is 0 Å². The zero-order chi connectivity index (χ0) is 13.5. The third kappa shape index (κ3) is 5.47. The molecule has 2 aliphatic rings. The van der Waals surface area contributed by atoms with Gasteiger partial charge >= 0.3 is 0 Å². The number of carbonyl (C=O) groups is 1. The molecule has 19 heavy (non-hydrogen) atoms. The van der Waals surface area contributed by atoms with Crippen molar-refractivity contribution in [2.24, 2.45) is 5.73 Å². The highest BCUT2D eigenvalue weighted by Gasteiger charge is 2.20. The summed E-state index contributed by atoms with van der Waals surface area (Å²) in [6.45, 7) is 2.60. The van der Waals surface area contributed by atoms with E-state index in [1.165, 1.54) is 0 Å². The second-order valence-corrected chi connectivity index (χ2v) is 5.75. The maximum Gasteiger partial charge on any atom is 0.222 e. The molecule has 5 nitrogen and oxygen atoms in total. The van der Waals surface area contributed by atoms with Crippen LogP contribution in [0.5, 0.6) is 0 Å². The van der Waals surface area contributed by atoms with Crippen molar-refractivity contribution in [3.8, 4) is 0 Å². The Morgan fingerprint density at radius 3 is 2.53 bits per heavy atom. The Bertz CT molecular complexity index is 272. The molecule has 4 N–H and O–H groups in total. The first-order valence-corrected chi connectivity index (χ1v) is 7.61. The lowest BCUT2D eigenvalue weighted by Gasteiger charge is -2.27. The molecule has 0 bridgehead atoms. The molecule has 2 fully saturated rings. The van der Waals surface area contributed by atoms with Crippen LogP contribution < -0.4 is 16.4 Å². The number of nitrogens with two attached hydrogens (primary N) is 1. The van der Waals surface area contributed by atoms with E-state index in [4.69, 9.17) is 10.5 Å². The highest BCUT2D eigenvalue weighted by atomic mass is 16.5. The second-order valence-electron chi connectivity index (χ2n) is 5.75. The van der Waals surface area contributed by atoms with E-state index >= 15 is 0 Å². The van der Waals surface area contributed by atoms with Crippen LogP contribution in [-0.2, 0) is 9.53 Å². The molecule has 1 aliphatic heterocycles. The Morgan fingerprint density at radius 1 is 1.16 bits per heavy atom. The number of piperidine rings is 1. The normalized spacial score (nSPS) is 29.1. The smallest absolute Gasteiger partial charge is 0.222 e. The number of hydrogen-bond donors (Lipinski definition) is 3. The summed E-state index contributed by atoms with van der Waals surface area (Å²) in [5.74, 6) is 0.120. The van der Waals surface area contributed by atoms with E-state index in [9.17, 15) is 4.79 Å². The van der Waals surface area contributed by atoms with Crippen molar-refractivity contribution in [1.82, 2.24) is 10.6 Å². The number of carbonyl (C=O) groups excluding carboxylic acids is 1. The third-order valence-electron chi connectivity index (χ3n) is 4.11. The Labute approximate surface area is 115 Å². The fourth-order valence-electron chi connectivity index (χ4n) is 2.84. The Kier molecular flexibility index (Phi) is 6.07. The molecule has 0 atom stereocenters. The minimum atomic E-state index is 0.120. The maximum atomic E-state index is 11.8. The molecule has 1 heterocycles. The van der Waals surface area contributed by atoms with Crippen molar-refractivity contribution in [3.05, 3.63) is 0 Å². The van der Waals surface area contributed by atoms with Crippen molar-refractivity contribution in [3.63, 3.8) is 0 Å². The number of nitrogens with one attached hydrogen (secondary N) is 2. The van der Waals surface area contributed by atoms with Crippen molar-refractivity contribution in [2.45, 2.75) is 63.1 Å². The zero-order valence-electron chi connectivity index (χ0n) is 11.7. The first kappa shape index (κ1) is 14.8. The molecule has 0 aromatic carbocycles. The fraction of sp³-hybridized carbons (Fsp3) is 0.929. The molecule has 1 aliphatic carbocycles. The van der Waals surface area contributed by atoms with Crippen molar-refractivity contribution in [2.75, 3.05) is 19.7 Å². The number of hydrogen-bond acceptors (Lipinski definition) is 4. The van der Waals surface area contributed by atoms with Gasteiger partial charge in [0.2, 0.25) is 5.91 Å². The van der Waals surface area contributed by atoms with E-state index < -0.39 is 0 Å². The SMILES string of the molecule is NC1CCC(NC(=O)CCOC2CCNCC2)CC1. The molecule has 0 aromatic heterocycles. The number of ether oxygens (including phenoxy) is 1. The van der Waals surface area contributed by atoms with Crippen LogP contribution in [0.3, 0.4) is 0 Å². The molecule has 1 saturated carbocycles. The van der Waals surface area contributed by atoms with Crippen LogP contribution in [0.4, 0.5) is 0 Å². The summed E-state index contributed by atoms with van der Waals surface area (Å²) in [4.78, 5) is 11.8. The highest BCUT2D eigenvalue weighted by molar-refractivity contribution is 5.76. The first-order chi connectivity index (χ1) is 9.24. The van der Waals surface area contributed by atoms with Gasteiger partial charge < -0.3 is 21.1 Å². The van der Waals surface area contributed by atoms with E-state index in [-0.39, 0.29) is 5.91 Å². The topological polar surface area (TPSA) is 76.4 Å². The van der Waals surface area contributed by atoms with Crippen molar-refractivity contribution >= 4 is 5.91 Å². The molecule has 1 amide bonds. The first-order valence-electron chi connectivity index (χ1n) is 7.61. The minimum Gasteiger partial charge on any atom is -0.378 e. The van der Waals surface area contributed by atoms with Crippen LogP contribution >= 0.6 is 0 Å². The lowest BCUT2D eigenvalue weighted by molar-refractivity contribution is -0.123. The molecule has 0 aromatic rings. The van der Waals surface area contributed by atoms with Crippen LogP contribution in [0.1, 0.15) is 44.9 Å². The molecule has 0 spiro atoms. The van der Waals surface area contributed by atoms with E-state index in [0.717, 1.165) is 51.6 Å². The zero-order valence-corrected chi connectivity index (χ0v) is 11.7. The Hall–Kier alpha value is -0.650. The summed E-state index contributed by atoms with van der Waals surface area (Å²) >= 11 is 0. The van der Waals surface area contributed by atoms with Crippen LogP contribution in [0, 0.1) is 0 Å². The standard InChI is InChI=1S/C14H27N3O2/c15-11-1-3-12(4-2-11)17-14(18)7-10-19-13-5-8-16-9-6-13/h11-13,16H,1-10,15H2,(H,17,18). The largest absolute Gasteiger partial charge is 0.378 e. The average Bonchev–Trinajstić information content (AvgIpc) is 2.43. The van der Waals surface area contributed by atoms with Crippen LogP contribution in [-0.4, -0.2) is 43.8 Å². The summed E-state index contributed by atoms with van der Waals surface area (Å²) < 4.78 is 5.74. The molecular formula is C14H27N3O2. The molecule has 110 valence electrons. The van der Waals surface area contributed by atoms with E-state index in [0.29, 0.717) is 31.2 Å². The van der Waals surface area contributed by atoms with Gasteiger partial charge in [0, 0.05) is 18.5 Å². The summed E-state index contributed by atoms with van der Waals surface area (Å²) in [6.07, 6.45) is 7.01. The molecule has 0 unspecified atom stereocenters. The van der Waals surface area contributed by atoms with E-state index in [2.05, 4.69) is 10.6 Å². The molecule has 2 rings (SSSR count). The molecule has 0 radical (unpaired) electrons. The number of amides is 1. The van der Waals surface area contributed by atoms with Gasteiger partial charge in [0.25, 0.3) is 0 Å². The van der Waals surface area contributed by atoms with Gasteiger partial charge in [-0.15, -0.1) is 0 Å². The quantitative estimate of drug-likeness (QED) is 0.680. The number of rotatable bonds is 5. The third-order valence-corrected chi connectivity index (χ3v) is 4.11. The van der Waals surface area contributed by atoms with Gasteiger partial charge in [0.15, 0.2) is 0 Å². The lowest BCUT2D eigenvalue weighted by atomic mass is 9.92. The van der Waals surface area contributed by atoms with Crippen LogP contribution in [0.15, 0.2) is 0 Å². The van der Waals surface area contributed by atoms with Crippen molar-refractivity contribution in [1.29, 1.82) is 0 Å². The summed E-state index contributed by atoms with van der Waals surface area (Å²) in [5, 5.41) is 6.39. The molecule has 1 saturated heterocycles. The summed E-state index contributed by atoms with van der Waals surface area (Å²) in [7, 11) is 0. The van der Waals surface area contributed by atoms with Crippen LogP contribution in [0.2, 0.25) is 0 Å². The van der Waals surface area contributed by atoms with Gasteiger partial charge in [-0.2, -0.15) is 0 Å². The van der Waals surface area contributed by atoms with Gasteiger partial charge in [0.1, 0.15) is 0 Å². The lowest BCUT2D eigenvalue weighted by Crippen LogP contribution is -2.41. The van der Waals surface area contributed by atoms with E-state index in [1.54, 1.807) is 0 Å². The predicted octanol–water partition coefficient (Wildman–Crippen LogP) is 0.531. The minimum absolute atomic E-state index is 0.120. The van der Waals surface area contributed by atoms with E-state index in [1.807, 2.05) is 0 Å². The summed E-state index contributed by atoms with van der Waals surface area (Å²) in [6, 6.07) is 0.655.